The quantitative estimate of drug-likeness (QED) is 0.107. The molecule has 0 radical (unpaired) electrons. The van der Waals surface area contributed by atoms with Crippen LogP contribution in [0.1, 0.15) is 88.5 Å². The average Bonchev–Trinajstić information content (AvgIpc) is 4.01. The van der Waals surface area contributed by atoms with Gasteiger partial charge in [-0.15, -0.1) is 21.5 Å². The molecule has 10 rings (SSSR count). The monoisotopic (exact) mass is 982 g/mol. The summed E-state index contributed by atoms with van der Waals surface area (Å²) in [6, 6.07) is 16.1. The Morgan fingerprint density at radius 2 is 1.62 bits per heavy atom. The molecular formula is C53H66N12O5S. The molecule has 0 unspecified atom stereocenters. The SMILES string of the molecule is Cc1ncsc1-c1ccc(CNC(=O)[C@@H]2C[C@@H](O)CN2C(=O)[C@@H](NC(=O)C2CCC(N3CCC(c4cnc(N5CCN6c7cc(-c8ccccc8O)nnc7NC[C@H]6C5)nc4)CC3)CC2)C(C)(C)C)cc1. The molecule has 2 aromatic carbocycles. The number of amides is 3. The molecule has 3 aromatic heterocycles. The number of aromatic hydroxyl groups is 1. The van der Waals surface area contributed by atoms with Gasteiger partial charge in [0.25, 0.3) is 0 Å². The summed E-state index contributed by atoms with van der Waals surface area (Å²) in [6.07, 6.45) is 8.74. The van der Waals surface area contributed by atoms with Gasteiger partial charge in [0.05, 0.1) is 39.6 Å². The van der Waals surface area contributed by atoms with E-state index in [0.29, 0.717) is 23.2 Å². The molecule has 18 heteroatoms. The van der Waals surface area contributed by atoms with Crippen LogP contribution in [0.25, 0.3) is 21.7 Å². The summed E-state index contributed by atoms with van der Waals surface area (Å²) in [4.78, 5) is 65.8. The summed E-state index contributed by atoms with van der Waals surface area (Å²) in [5.74, 6) is 1.10. The number of carbonyl (C=O) groups excluding carboxylic acids is 3. The van der Waals surface area contributed by atoms with Crippen LogP contribution in [0.5, 0.6) is 5.75 Å². The number of phenolic OH excluding ortho intramolecular Hbond substituents is 1. The fraction of sp³-hybridized carbons (Fsp3) is 0.509. The maximum Gasteiger partial charge on any atom is 0.246 e. The number of hydrogen-bond donors (Lipinski definition) is 5. The molecule has 71 heavy (non-hydrogen) atoms. The smallest absolute Gasteiger partial charge is 0.246 e. The van der Waals surface area contributed by atoms with Crippen LogP contribution in [0.15, 0.2) is 72.5 Å². The Morgan fingerprint density at radius 3 is 2.32 bits per heavy atom. The fourth-order valence-corrected chi connectivity index (χ4v) is 12.2. The second kappa shape index (κ2) is 20.5. The van der Waals surface area contributed by atoms with Gasteiger partial charge >= 0.3 is 0 Å². The Labute approximate surface area is 419 Å². The molecule has 374 valence electrons. The molecule has 5 aliphatic rings. The van der Waals surface area contributed by atoms with E-state index in [1.54, 1.807) is 23.5 Å². The van der Waals surface area contributed by atoms with Crippen molar-refractivity contribution in [3.05, 3.63) is 89.3 Å². The molecular weight excluding hydrogens is 917 g/mol. The second-order valence-electron chi connectivity index (χ2n) is 21.2. The van der Waals surface area contributed by atoms with Crippen LogP contribution in [0.2, 0.25) is 0 Å². The predicted molar refractivity (Wildman–Crippen MR) is 274 cm³/mol. The van der Waals surface area contributed by atoms with E-state index in [4.69, 9.17) is 9.97 Å². The van der Waals surface area contributed by atoms with Crippen LogP contribution in [0.4, 0.5) is 17.5 Å². The highest BCUT2D eigenvalue weighted by Gasteiger charge is 2.45. The highest BCUT2D eigenvalue weighted by molar-refractivity contribution is 7.13. The van der Waals surface area contributed by atoms with E-state index < -0.39 is 23.6 Å². The summed E-state index contributed by atoms with van der Waals surface area (Å²) in [6.45, 7) is 13.1. The third-order valence-corrected chi connectivity index (χ3v) is 16.4. The van der Waals surface area contributed by atoms with Crippen LogP contribution in [-0.2, 0) is 20.9 Å². The van der Waals surface area contributed by atoms with Crippen molar-refractivity contribution in [2.75, 3.05) is 60.9 Å². The van der Waals surface area contributed by atoms with Crippen LogP contribution in [-0.4, -0.2) is 139 Å². The molecule has 3 saturated heterocycles. The van der Waals surface area contributed by atoms with E-state index >= 15 is 0 Å². The first-order chi connectivity index (χ1) is 34.3. The van der Waals surface area contributed by atoms with Gasteiger partial charge in [0, 0.05) is 75.6 Å². The lowest BCUT2D eigenvalue weighted by Gasteiger charge is -2.45. The van der Waals surface area contributed by atoms with Gasteiger partial charge in [-0.2, -0.15) is 0 Å². The summed E-state index contributed by atoms with van der Waals surface area (Å²) >= 11 is 1.59. The zero-order chi connectivity index (χ0) is 49.4. The molecule has 5 N–H and O–H groups in total. The average molecular weight is 983 g/mol. The Balaban J connectivity index is 0.679. The first kappa shape index (κ1) is 48.4. The third kappa shape index (κ3) is 10.4. The summed E-state index contributed by atoms with van der Waals surface area (Å²) in [5, 5.41) is 39.6. The lowest BCUT2D eigenvalue weighted by molar-refractivity contribution is -0.144. The predicted octanol–water partition coefficient (Wildman–Crippen LogP) is 5.74. The normalized spacial score (nSPS) is 23.3. The van der Waals surface area contributed by atoms with E-state index in [9.17, 15) is 24.6 Å². The van der Waals surface area contributed by atoms with Crippen molar-refractivity contribution in [1.29, 1.82) is 0 Å². The van der Waals surface area contributed by atoms with E-state index in [2.05, 4.69) is 45.8 Å². The lowest BCUT2D eigenvalue weighted by atomic mass is 9.81. The number of phenols is 1. The molecule has 7 heterocycles. The third-order valence-electron chi connectivity index (χ3n) is 15.5. The standard InChI is InChI=1S/C53H66N12O5S/c1-32-46(71-31-58-32)35-11-9-33(10-12-35)25-55-50(69)44-23-40(66)30-65(44)51(70)47(53(2,3)4)59-49(68)36-13-15-38(16-14-36)62-19-17-34(18-20-62)37-26-56-52(57-27-37)63-21-22-64-39(29-63)28-54-48-43(64)24-42(60-61-48)41-7-5-6-8-45(41)67/h5-12,24,26-27,31,34,36,38-40,44,47,66-67H,13-23,25,28-30H2,1-4H3,(H,54,61)(H,55,69)(H,59,68)/t36?,38?,39-,40+,44-,47+/m0/s1. The van der Waals surface area contributed by atoms with Crippen LogP contribution in [0.3, 0.4) is 0 Å². The molecule has 3 amide bonds. The number of thiazole rings is 1. The fourth-order valence-electron chi connectivity index (χ4n) is 11.3. The van der Waals surface area contributed by atoms with Crippen LogP contribution in [0, 0.1) is 18.3 Å². The molecule has 5 aromatic rings. The summed E-state index contributed by atoms with van der Waals surface area (Å²) in [7, 11) is 0. The number of piperazine rings is 1. The zero-order valence-corrected chi connectivity index (χ0v) is 41.9. The Morgan fingerprint density at radius 1 is 0.873 bits per heavy atom. The van der Waals surface area contributed by atoms with Gasteiger partial charge in [0.15, 0.2) is 5.82 Å². The topological polar surface area (TPSA) is 205 Å². The number of anilines is 3. The number of rotatable bonds is 11. The van der Waals surface area contributed by atoms with Crippen molar-refractivity contribution in [3.63, 3.8) is 0 Å². The Hall–Kier alpha value is -6.24. The van der Waals surface area contributed by atoms with Crippen molar-refractivity contribution in [2.45, 2.75) is 115 Å². The number of fused-ring (bicyclic) bond motifs is 3. The summed E-state index contributed by atoms with van der Waals surface area (Å²) in [5.41, 5.74) is 7.65. The largest absolute Gasteiger partial charge is 0.507 e. The highest BCUT2D eigenvalue weighted by Crippen LogP contribution is 2.38. The van der Waals surface area contributed by atoms with Gasteiger partial charge in [-0.1, -0.05) is 57.2 Å². The molecule has 1 aliphatic carbocycles. The first-order valence-electron chi connectivity index (χ1n) is 25.3. The number of nitrogens with zero attached hydrogens (tertiary/aromatic N) is 9. The summed E-state index contributed by atoms with van der Waals surface area (Å²) < 4.78 is 0. The second-order valence-corrected chi connectivity index (χ2v) is 22.0. The zero-order valence-electron chi connectivity index (χ0n) is 41.1. The first-order valence-corrected chi connectivity index (χ1v) is 26.2. The molecule has 1 saturated carbocycles. The number of para-hydroxylation sites is 1. The van der Waals surface area contributed by atoms with Crippen molar-refractivity contribution in [1.82, 2.24) is 45.6 Å². The minimum absolute atomic E-state index is 0.0389. The van der Waals surface area contributed by atoms with E-state index in [0.717, 1.165) is 117 Å². The van der Waals surface area contributed by atoms with Gasteiger partial charge in [-0.05, 0) is 105 Å². The van der Waals surface area contributed by atoms with Crippen LogP contribution >= 0.6 is 11.3 Å². The Kier molecular flexibility index (Phi) is 14.0. The minimum atomic E-state index is -0.854. The Bertz CT molecular complexity index is 2700. The number of benzene rings is 2. The number of aliphatic hydroxyl groups is 1. The molecule has 4 atom stereocenters. The molecule has 4 fully saturated rings. The number of hydrogen-bond acceptors (Lipinski definition) is 15. The van der Waals surface area contributed by atoms with Crippen LogP contribution < -0.4 is 25.8 Å². The minimum Gasteiger partial charge on any atom is -0.507 e. The highest BCUT2D eigenvalue weighted by atomic mass is 32.1. The molecule has 17 nitrogen and oxygen atoms in total. The number of aliphatic hydroxyl groups excluding tert-OH is 1. The van der Waals surface area contributed by atoms with Gasteiger partial charge in [0.2, 0.25) is 23.7 Å². The maximum absolute atomic E-state index is 14.3. The number of piperidine rings is 1. The molecule has 0 bridgehead atoms. The van der Waals surface area contributed by atoms with Crippen molar-refractivity contribution in [3.8, 4) is 27.4 Å². The van der Waals surface area contributed by atoms with Crippen molar-refractivity contribution >= 4 is 46.5 Å². The van der Waals surface area contributed by atoms with Crippen molar-refractivity contribution < 1.29 is 24.6 Å². The molecule has 4 aliphatic heterocycles. The van der Waals surface area contributed by atoms with E-state index in [-0.39, 0.29) is 54.9 Å². The van der Waals surface area contributed by atoms with E-state index in [1.807, 2.05) is 88.1 Å². The van der Waals surface area contributed by atoms with Crippen molar-refractivity contribution in [2.24, 2.45) is 11.3 Å². The number of aromatic nitrogens is 5. The van der Waals surface area contributed by atoms with Gasteiger partial charge < -0.3 is 45.8 Å². The number of aryl methyl sites for hydroxylation is 1. The van der Waals surface area contributed by atoms with Gasteiger partial charge in [0.1, 0.15) is 17.8 Å². The van der Waals surface area contributed by atoms with Gasteiger partial charge in [-0.3, -0.25) is 14.4 Å². The number of nitrogens with one attached hydrogen (secondary N) is 3. The lowest BCUT2D eigenvalue weighted by Crippen LogP contribution is -2.58. The number of β-amino-alcohol motifs (C(OH)–C–C–N with tert-alkyl or cyclic N) is 1. The maximum atomic E-state index is 14.3. The van der Waals surface area contributed by atoms with E-state index in [1.165, 1.54) is 10.5 Å². The number of likely N-dealkylation sites (tertiary alicyclic amines) is 2. The van der Waals surface area contributed by atoms with Gasteiger partial charge in [-0.25, -0.2) is 15.0 Å². The molecule has 0 spiro atoms. The number of carbonyl (C=O) groups is 3.